The van der Waals surface area contributed by atoms with Gasteiger partial charge in [-0.1, -0.05) is 58.4 Å². The highest BCUT2D eigenvalue weighted by molar-refractivity contribution is 8.00. The first-order chi connectivity index (χ1) is 19.6. The van der Waals surface area contributed by atoms with Gasteiger partial charge in [0.05, 0.1) is 26.7 Å². The maximum Gasteiger partial charge on any atom is 0.308 e. The predicted octanol–water partition coefficient (Wildman–Crippen LogP) is 5.50. The maximum absolute atomic E-state index is 13.9. The van der Waals surface area contributed by atoms with Gasteiger partial charge in [0.1, 0.15) is 23.4 Å². The van der Waals surface area contributed by atoms with Crippen LogP contribution in [0.25, 0.3) is 0 Å². The Morgan fingerprint density at radius 2 is 1.68 bits per heavy atom. The zero-order valence-electron chi connectivity index (χ0n) is 20.7. The van der Waals surface area contributed by atoms with E-state index in [1.54, 1.807) is 18.2 Å². The molecule has 1 aromatic heterocycles. The molecular formula is C28H18Cl2FN3O5S2. The molecule has 0 spiro atoms. The number of phenols is 1. The molecule has 208 valence electrons. The number of carbonyl (C=O) groups excluding carboxylic acids is 3. The van der Waals surface area contributed by atoms with E-state index in [2.05, 4.69) is 5.32 Å². The minimum Gasteiger partial charge on any atom is -0.508 e. The highest BCUT2D eigenvalue weighted by Crippen LogP contribution is 2.55. The fraction of sp³-hybridized carbons (Fsp3) is 0.143. The summed E-state index contributed by atoms with van der Waals surface area (Å²) in [5.74, 6) is -3.75. The summed E-state index contributed by atoms with van der Waals surface area (Å²) in [5.41, 5.74) is 1.12. The summed E-state index contributed by atoms with van der Waals surface area (Å²) < 4.78 is 14.9. The highest BCUT2D eigenvalue weighted by Gasteiger charge is 2.57. The second kappa shape index (κ2) is 10.6. The number of nitrogens with one attached hydrogen (secondary N) is 1. The number of rotatable bonds is 5. The first-order valence-electron chi connectivity index (χ1n) is 12.2. The molecule has 3 heterocycles. The number of aromatic hydroxyl groups is 1. The number of carbonyl (C=O) groups is 3. The fourth-order valence-electron chi connectivity index (χ4n) is 5.08. The Bertz CT molecular complexity index is 1770. The van der Waals surface area contributed by atoms with Crippen LogP contribution in [0.5, 0.6) is 5.75 Å². The van der Waals surface area contributed by atoms with Gasteiger partial charge in [-0.3, -0.25) is 23.7 Å². The lowest BCUT2D eigenvalue weighted by atomic mass is 9.83. The largest absolute Gasteiger partial charge is 0.508 e. The molecule has 4 aromatic rings. The van der Waals surface area contributed by atoms with Crippen LogP contribution >= 0.6 is 46.3 Å². The quantitative estimate of drug-likeness (QED) is 0.223. The molecule has 3 amide bonds. The average Bonchev–Trinajstić information content (AvgIpc) is 3.38. The molecule has 13 heteroatoms. The van der Waals surface area contributed by atoms with Crippen molar-refractivity contribution in [1.29, 1.82) is 0 Å². The van der Waals surface area contributed by atoms with Crippen molar-refractivity contribution in [3.05, 3.63) is 103 Å². The maximum atomic E-state index is 13.9. The standard InChI is InChI=1S/C28H18Cl2FN3O5S2/c29-18-3-1-2-17(22(18)30)20-21-23(26(38)34(25(21)37)15-8-4-13(31)5-9-15)40-27-24(20)41-28(39)33(27)12-19(36)32-14-6-10-16(35)11-7-14/h1-11,20-21,23,35H,12H2,(H,32,36)/t20-,21-,23+/m0/s1. The number of fused-ring (bicyclic) bond motifs is 2. The molecule has 1 saturated heterocycles. The third-order valence-electron chi connectivity index (χ3n) is 6.90. The summed E-state index contributed by atoms with van der Waals surface area (Å²) in [5, 5.41) is 12.0. The van der Waals surface area contributed by atoms with Gasteiger partial charge in [0.15, 0.2) is 0 Å². The molecule has 2 aliphatic heterocycles. The molecule has 0 unspecified atom stereocenters. The predicted molar refractivity (Wildman–Crippen MR) is 156 cm³/mol. The van der Waals surface area contributed by atoms with Crippen molar-refractivity contribution in [2.24, 2.45) is 5.92 Å². The number of imide groups is 1. The molecule has 0 radical (unpaired) electrons. The lowest BCUT2D eigenvalue weighted by Gasteiger charge is -2.31. The van der Waals surface area contributed by atoms with E-state index in [4.69, 9.17) is 23.2 Å². The van der Waals surface area contributed by atoms with E-state index in [0.29, 0.717) is 21.2 Å². The summed E-state index contributed by atoms with van der Waals surface area (Å²) in [6.07, 6.45) is 0. The van der Waals surface area contributed by atoms with E-state index in [0.717, 1.165) is 40.1 Å². The van der Waals surface area contributed by atoms with Crippen molar-refractivity contribution in [3.63, 3.8) is 0 Å². The first-order valence-corrected chi connectivity index (χ1v) is 14.7. The van der Waals surface area contributed by atoms with Gasteiger partial charge >= 0.3 is 4.87 Å². The van der Waals surface area contributed by atoms with Gasteiger partial charge in [0.25, 0.3) is 0 Å². The van der Waals surface area contributed by atoms with Gasteiger partial charge in [0, 0.05) is 16.5 Å². The molecule has 2 aliphatic rings. The van der Waals surface area contributed by atoms with Crippen LogP contribution in [0.4, 0.5) is 15.8 Å². The van der Waals surface area contributed by atoms with Crippen LogP contribution in [0.15, 0.2) is 76.6 Å². The Balaban J connectivity index is 1.43. The second-order valence-electron chi connectivity index (χ2n) is 9.39. The fourth-order valence-corrected chi connectivity index (χ4v) is 8.27. The van der Waals surface area contributed by atoms with E-state index in [1.807, 2.05) is 0 Å². The van der Waals surface area contributed by atoms with Crippen molar-refractivity contribution in [2.45, 2.75) is 22.7 Å². The number of benzene rings is 3. The number of aromatic nitrogens is 1. The van der Waals surface area contributed by atoms with Crippen LogP contribution in [0.2, 0.25) is 10.0 Å². The van der Waals surface area contributed by atoms with Gasteiger partial charge in [-0.2, -0.15) is 0 Å². The Kier molecular flexibility index (Phi) is 7.14. The van der Waals surface area contributed by atoms with Crippen molar-refractivity contribution in [2.75, 3.05) is 10.2 Å². The molecule has 0 bridgehead atoms. The molecular weight excluding hydrogens is 612 g/mol. The zero-order chi connectivity index (χ0) is 29.0. The van der Waals surface area contributed by atoms with Crippen LogP contribution in [0.3, 0.4) is 0 Å². The van der Waals surface area contributed by atoms with Crippen molar-refractivity contribution < 1.29 is 23.9 Å². The number of phenolic OH excluding ortho intramolecular Hbond substituents is 1. The monoisotopic (exact) mass is 629 g/mol. The number of thiazole rings is 1. The van der Waals surface area contributed by atoms with Crippen molar-refractivity contribution in [1.82, 2.24) is 4.57 Å². The second-order valence-corrected chi connectivity index (χ2v) is 12.3. The lowest BCUT2D eigenvalue weighted by molar-refractivity contribution is -0.122. The number of thioether (sulfide) groups is 1. The van der Waals surface area contributed by atoms with E-state index >= 15 is 0 Å². The van der Waals surface area contributed by atoms with Crippen LogP contribution in [-0.4, -0.2) is 32.6 Å². The first kappa shape index (κ1) is 27.5. The smallest absolute Gasteiger partial charge is 0.308 e. The van der Waals surface area contributed by atoms with E-state index in [-0.39, 0.29) is 28.0 Å². The van der Waals surface area contributed by atoms with Gasteiger partial charge in [-0.25, -0.2) is 9.29 Å². The number of anilines is 2. The topological polar surface area (TPSA) is 109 Å². The summed E-state index contributed by atoms with van der Waals surface area (Å²) >= 11 is 14.9. The lowest BCUT2D eigenvalue weighted by Crippen LogP contribution is -2.33. The highest BCUT2D eigenvalue weighted by atomic mass is 35.5. The third-order valence-corrected chi connectivity index (χ3v) is 10.3. The van der Waals surface area contributed by atoms with Crippen LogP contribution in [0.1, 0.15) is 16.4 Å². The van der Waals surface area contributed by atoms with Crippen LogP contribution in [0, 0.1) is 11.7 Å². The number of hydrogen-bond donors (Lipinski definition) is 2. The van der Waals surface area contributed by atoms with E-state index in [1.165, 1.54) is 41.0 Å². The van der Waals surface area contributed by atoms with E-state index in [9.17, 15) is 28.7 Å². The average molecular weight is 631 g/mol. The summed E-state index contributed by atoms with van der Waals surface area (Å²) in [7, 11) is 0. The number of halogens is 3. The molecule has 0 aliphatic carbocycles. The molecule has 6 rings (SSSR count). The number of nitrogens with zero attached hydrogens (tertiary/aromatic N) is 2. The number of hydrogen-bond acceptors (Lipinski definition) is 7. The minimum atomic E-state index is -0.944. The summed E-state index contributed by atoms with van der Waals surface area (Å²) in [4.78, 5) is 54.9. The van der Waals surface area contributed by atoms with Crippen LogP contribution < -0.4 is 15.1 Å². The van der Waals surface area contributed by atoms with Gasteiger partial charge in [-0.15, -0.1) is 0 Å². The third kappa shape index (κ3) is 4.82. The Labute approximate surface area is 250 Å². The summed E-state index contributed by atoms with van der Waals surface area (Å²) in [6, 6.07) is 15.9. The molecule has 41 heavy (non-hydrogen) atoms. The molecule has 0 saturated carbocycles. The molecule has 8 nitrogen and oxygen atoms in total. The Morgan fingerprint density at radius 3 is 2.39 bits per heavy atom. The molecule has 3 aromatic carbocycles. The Morgan fingerprint density at radius 1 is 0.976 bits per heavy atom. The van der Waals surface area contributed by atoms with Gasteiger partial charge in [-0.05, 0) is 60.2 Å². The minimum absolute atomic E-state index is 0.0354. The molecule has 2 N–H and O–H groups in total. The summed E-state index contributed by atoms with van der Waals surface area (Å²) in [6.45, 7) is -0.351. The van der Waals surface area contributed by atoms with Crippen molar-refractivity contribution in [3.8, 4) is 5.75 Å². The van der Waals surface area contributed by atoms with Gasteiger partial charge in [0.2, 0.25) is 17.7 Å². The zero-order valence-corrected chi connectivity index (χ0v) is 23.9. The molecule has 3 atom stereocenters. The van der Waals surface area contributed by atoms with E-state index < -0.39 is 45.5 Å². The van der Waals surface area contributed by atoms with Gasteiger partial charge < -0.3 is 10.4 Å². The van der Waals surface area contributed by atoms with Crippen LogP contribution in [-0.2, 0) is 20.9 Å². The Hall–Kier alpha value is -3.64. The molecule has 1 fully saturated rings. The van der Waals surface area contributed by atoms with Crippen molar-refractivity contribution >= 4 is 75.4 Å². The SMILES string of the molecule is O=C(Cn1c2c(sc1=O)[C@@H](c1cccc(Cl)c1Cl)[C@@H]1C(=O)N(c3ccc(F)cc3)C(=O)[C@@H]1S2)Nc1ccc(O)cc1. The normalized spacial score (nSPS) is 19.7. The number of amides is 3.